The number of pyridine rings is 1. The highest BCUT2D eigenvalue weighted by molar-refractivity contribution is 6.05. The molecule has 0 aliphatic carbocycles. The van der Waals surface area contributed by atoms with Crippen LogP contribution in [0.1, 0.15) is 41.5 Å². The molecule has 1 saturated heterocycles. The molecule has 4 aromatic rings. The Morgan fingerprint density at radius 2 is 1.97 bits per heavy atom. The summed E-state index contributed by atoms with van der Waals surface area (Å²) in [7, 11) is 4.01. The maximum Gasteiger partial charge on any atom is 0.273 e. The maximum atomic E-state index is 13.6. The van der Waals surface area contributed by atoms with Gasteiger partial charge < -0.3 is 14.2 Å². The second-order valence-corrected chi connectivity index (χ2v) is 8.08. The largest absolute Gasteiger partial charge is 0.361 e. The van der Waals surface area contributed by atoms with Crippen LogP contribution >= 0.6 is 0 Å². The van der Waals surface area contributed by atoms with E-state index in [9.17, 15) is 4.79 Å². The Morgan fingerprint density at radius 1 is 1.10 bits per heavy atom. The standard InChI is InChI=1S/C24H25N5O/c1-27(2)23-21-11-7-14-28(21)16-19(26-23)20-10-5-6-15-29(20)24(30)22-18-9-4-3-8-17(18)12-13-25-22/h3-4,7-9,11-14,16,20H,5-6,10,15H2,1-2H3/t20-/m0/s1. The van der Waals surface area contributed by atoms with Crippen LogP contribution in [0.25, 0.3) is 16.3 Å². The normalized spacial score (nSPS) is 16.9. The zero-order valence-electron chi connectivity index (χ0n) is 17.3. The van der Waals surface area contributed by atoms with Crippen LogP contribution in [0.3, 0.4) is 0 Å². The first-order chi connectivity index (χ1) is 14.6. The monoisotopic (exact) mass is 399 g/mol. The summed E-state index contributed by atoms with van der Waals surface area (Å²) in [5.74, 6) is 0.899. The number of nitrogens with zero attached hydrogens (tertiary/aromatic N) is 5. The van der Waals surface area contributed by atoms with Gasteiger partial charge in [-0.1, -0.05) is 24.3 Å². The number of rotatable bonds is 3. The van der Waals surface area contributed by atoms with Gasteiger partial charge in [0, 0.05) is 44.6 Å². The van der Waals surface area contributed by atoms with Gasteiger partial charge in [0.1, 0.15) is 5.69 Å². The number of benzene rings is 1. The van der Waals surface area contributed by atoms with Gasteiger partial charge in [0.2, 0.25) is 0 Å². The highest BCUT2D eigenvalue weighted by atomic mass is 16.2. The summed E-state index contributed by atoms with van der Waals surface area (Å²) in [6.07, 6.45) is 8.81. The third-order valence-corrected chi connectivity index (χ3v) is 5.92. The molecular formula is C24H25N5O. The Bertz CT molecular complexity index is 1220. The van der Waals surface area contributed by atoms with Crippen LogP contribution < -0.4 is 4.90 Å². The van der Waals surface area contributed by atoms with E-state index in [0.717, 1.165) is 53.6 Å². The number of aromatic nitrogens is 3. The van der Waals surface area contributed by atoms with Gasteiger partial charge in [-0.3, -0.25) is 9.78 Å². The minimum absolute atomic E-state index is 0.0164. The second-order valence-electron chi connectivity index (χ2n) is 8.08. The first-order valence-electron chi connectivity index (χ1n) is 10.4. The lowest BCUT2D eigenvalue weighted by Crippen LogP contribution is -2.39. The summed E-state index contributed by atoms with van der Waals surface area (Å²) in [4.78, 5) is 27.1. The Balaban J connectivity index is 1.58. The van der Waals surface area contributed by atoms with Gasteiger partial charge in [-0.25, -0.2) is 4.98 Å². The van der Waals surface area contributed by atoms with Gasteiger partial charge in [0.25, 0.3) is 5.91 Å². The molecule has 1 amide bonds. The SMILES string of the molecule is CN(C)c1nc([C@@H]2CCCCN2C(=O)c2nccc3ccccc23)cn2cccc12. The molecule has 30 heavy (non-hydrogen) atoms. The molecular weight excluding hydrogens is 374 g/mol. The van der Waals surface area contributed by atoms with E-state index in [-0.39, 0.29) is 11.9 Å². The van der Waals surface area contributed by atoms with E-state index >= 15 is 0 Å². The van der Waals surface area contributed by atoms with Gasteiger partial charge in [-0.15, -0.1) is 0 Å². The lowest BCUT2D eigenvalue weighted by Gasteiger charge is -2.35. The summed E-state index contributed by atoms with van der Waals surface area (Å²) in [5, 5.41) is 1.93. The van der Waals surface area contributed by atoms with Crippen molar-refractivity contribution in [3.05, 3.63) is 72.4 Å². The minimum Gasteiger partial charge on any atom is -0.361 e. The lowest BCUT2D eigenvalue weighted by atomic mass is 9.98. The number of hydrogen-bond acceptors (Lipinski definition) is 4. The third-order valence-electron chi connectivity index (χ3n) is 5.92. The molecule has 1 aromatic carbocycles. The van der Waals surface area contributed by atoms with Crippen molar-refractivity contribution in [2.75, 3.05) is 25.5 Å². The third kappa shape index (κ3) is 3.09. The van der Waals surface area contributed by atoms with Gasteiger partial charge in [0.15, 0.2) is 5.82 Å². The van der Waals surface area contributed by atoms with E-state index in [1.54, 1.807) is 6.20 Å². The number of fused-ring (bicyclic) bond motifs is 2. The van der Waals surface area contributed by atoms with Crippen molar-refractivity contribution in [3.8, 4) is 0 Å². The average molecular weight is 399 g/mol. The lowest BCUT2D eigenvalue weighted by molar-refractivity contribution is 0.0602. The molecule has 0 radical (unpaired) electrons. The highest BCUT2D eigenvalue weighted by Gasteiger charge is 2.32. The zero-order chi connectivity index (χ0) is 20.7. The molecule has 0 saturated carbocycles. The van der Waals surface area contributed by atoms with Crippen molar-refractivity contribution in [3.63, 3.8) is 0 Å². The molecule has 0 bridgehead atoms. The van der Waals surface area contributed by atoms with Crippen molar-refractivity contribution in [1.82, 2.24) is 19.3 Å². The number of amides is 1. The van der Waals surface area contributed by atoms with Gasteiger partial charge in [-0.2, -0.15) is 0 Å². The van der Waals surface area contributed by atoms with Crippen molar-refractivity contribution < 1.29 is 4.79 Å². The summed E-state index contributed by atoms with van der Waals surface area (Å²) < 4.78 is 2.10. The van der Waals surface area contributed by atoms with Crippen LogP contribution in [0.4, 0.5) is 5.82 Å². The molecule has 0 spiro atoms. The minimum atomic E-state index is -0.0579. The molecule has 0 unspecified atom stereocenters. The second kappa shape index (κ2) is 7.44. The number of piperidine rings is 1. The van der Waals surface area contributed by atoms with Crippen molar-refractivity contribution >= 4 is 28.0 Å². The van der Waals surface area contributed by atoms with Crippen molar-refractivity contribution in [1.29, 1.82) is 0 Å². The van der Waals surface area contributed by atoms with Gasteiger partial charge >= 0.3 is 0 Å². The number of hydrogen-bond donors (Lipinski definition) is 0. The smallest absolute Gasteiger partial charge is 0.273 e. The molecule has 1 aliphatic heterocycles. The molecule has 152 valence electrons. The van der Waals surface area contributed by atoms with Crippen molar-refractivity contribution in [2.24, 2.45) is 0 Å². The van der Waals surface area contributed by atoms with Crippen LogP contribution in [0.2, 0.25) is 0 Å². The first-order valence-corrected chi connectivity index (χ1v) is 10.4. The number of anilines is 1. The predicted octanol–water partition coefficient (Wildman–Crippen LogP) is 4.32. The van der Waals surface area contributed by atoms with Crippen molar-refractivity contribution in [2.45, 2.75) is 25.3 Å². The van der Waals surface area contributed by atoms with E-state index in [1.165, 1.54) is 0 Å². The topological polar surface area (TPSA) is 53.7 Å². The molecule has 6 nitrogen and oxygen atoms in total. The number of carbonyl (C=O) groups excluding carboxylic acids is 1. The molecule has 1 aliphatic rings. The zero-order valence-corrected chi connectivity index (χ0v) is 17.3. The summed E-state index contributed by atoms with van der Waals surface area (Å²) in [6, 6.07) is 13.9. The van der Waals surface area contributed by atoms with E-state index in [0.29, 0.717) is 5.69 Å². The van der Waals surface area contributed by atoms with Gasteiger partial charge in [-0.05, 0) is 42.8 Å². The molecule has 0 N–H and O–H groups in total. The quantitative estimate of drug-likeness (QED) is 0.515. The first kappa shape index (κ1) is 18.6. The Hall–Kier alpha value is -3.41. The Labute approximate surface area is 175 Å². The van der Waals surface area contributed by atoms with Crippen LogP contribution in [0, 0.1) is 0 Å². The summed E-state index contributed by atoms with van der Waals surface area (Å²) >= 11 is 0. The number of carbonyl (C=O) groups is 1. The van der Waals surface area contributed by atoms with Crippen LogP contribution in [-0.4, -0.2) is 45.8 Å². The average Bonchev–Trinajstić information content (AvgIpc) is 3.26. The van der Waals surface area contributed by atoms with Gasteiger partial charge in [0.05, 0.1) is 17.3 Å². The summed E-state index contributed by atoms with van der Waals surface area (Å²) in [6.45, 7) is 0.719. The fourth-order valence-corrected chi connectivity index (χ4v) is 4.44. The number of likely N-dealkylation sites (tertiary alicyclic amines) is 1. The predicted molar refractivity (Wildman–Crippen MR) is 119 cm³/mol. The fourth-order valence-electron chi connectivity index (χ4n) is 4.44. The van der Waals surface area contributed by atoms with E-state index in [1.807, 2.05) is 66.5 Å². The van der Waals surface area contributed by atoms with Crippen LogP contribution in [0.15, 0.2) is 61.1 Å². The highest BCUT2D eigenvalue weighted by Crippen LogP contribution is 2.33. The molecule has 6 heteroatoms. The summed E-state index contributed by atoms with van der Waals surface area (Å²) in [5.41, 5.74) is 2.51. The Kier molecular flexibility index (Phi) is 4.62. The molecule has 1 atom stereocenters. The van der Waals surface area contributed by atoms with E-state index < -0.39 is 0 Å². The van der Waals surface area contributed by atoms with Crippen LogP contribution in [0.5, 0.6) is 0 Å². The van der Waals surface area contributed by atoms with E-state index in [2.05, 4.69) is 21.6 Å². The molecule has 5 rings (SSSR count). The maximum absolute atomic E-state index is 13.6. The van der Waals surface area contributed by atoms with Crippen LogP contribution in [-0.2, 0) is 0 Å². The molecule has 1 fully saturated rings. The van der Waals surface area contributed by atoms with E-state index in [4.69, 9.17) is 4.98 Å². The Morgan fingerprint density at radius 3 is 2.83 bits per heavy atom. The molecule has 4 heterocycles. The molecule has 3 aromatic heterocycles. The fraction of sp³-hybridized carbons (Fsp3) is 0.292.